The van der Waals surface area contributed by atoms with E-state index in [9.17, 15) is 0 Å². The molecule has 2 aromatic rings. The van der Waals surface area contributed by atoms with Gasteiger partial charge in [0.15, 0.2) is 0 Å². The first-order chi connectivity index (χ1) is 10.3. The molecule has 3 rings (SSSR count). The van der Waals surface area contributed by atoms with Crippen LogP contribution in [0.4, 0.5) is 0 Å². The Morgan fingerprint density at radius 3 is 2.62 bits per heavy atom. The van der Waals surface area contributed by atoms with Crippen molar-refractivity contribution in [3.8, 4) is 17.8 Å². The Balaban J connectivity index is 2.00. The second-order valence-electron chi connectivity index (χ2n) is 5.17. The van der Waals surface area contributed by atoms with Crippen LogP contribution in [0.15, 0.2) is 30.7 Å². The molecular formula is C16H15N5. The molecule has 1 aromatic heterocycles. The molecule has 1 saturated heterocycles. The second kappa shape index (κ2) is 5.78. The van der Waals surface area contributed by atoms with Gasteiger partial charge in [0.1, 0.15) is 12.1 Å². The Bertz CT molecular complexity index is 726. The van der Waals surface area contributed by atoms with E-state index in [1.165, 1.54) is 5.69 Å². The predicted molar refractivity (Wildman–Crippen MR) is 77.8 cm³/mol. The fourth-order valence-electron chi connectivity index (χ4n) is 2.81. The topological polar surface area (TPSA) is 77.4 Å². The summed E-state index contributed by atoms with van der Waals surface area (Å²) in [5.41, 5.74) is 2.87. The number of imidazole rings is 1. The van der Waals surface area contributed by atoms with Crippen molar-refractivity contribution < 1.29 is 0 Å². The summed E-state index contributed by atoms with van der Waals surface area (Å²) in [7, 11) is 0. The molecule has 5 heteroatoms. The van der Waals surface area contributed by atoms with Gasteiger partial charge in [-0.2, -0.15) is 10.5 Å². The third-order valence-electron chi connectivity index (χ3n) is 3.95. The van der Waals surface area contributed by atoms with E-state index in [2.05, 4.69) is 16.4 Å². The Kier molecular flexibility index (Phi) is 3.68. The molecular weight excluding hydrogens is 262 g/mol. The van der Waals surface area contributed by atoms with Crippen LogP contribution in [0.5, 0.6) is 0 Å². The molecule has 0 radical (unpaired) electrons. The smallest absolute Gasteiger partial charge is 0.101 e. The average molecular weight is 277 g/mol. The van der Waals surface area contributed by atoms with Crippen molar-refractivity contribution in [2.24, 2.45) is 0 Å². The van der Waals surface area contributed by atoms with Crippen LogP contribution in [-0.2, 0) is 0 Å². The van der Waals surface area contributed by atoms with Crippen LogP contribution in [0.25, 0.3) is 5.69 Å². The Morgan fingerprint density at radius 2 is 1.90 bits per heavy atom. The van der Waals surface area contributed by atoms with Gasteiger partial charge in [0.2, 0.25) is 0 Å². The lowest BCUT2D eigenvalue weighted by Crippen LogP contribution is -2.27. The molecule has 0 aliphatic carbocycles. The maximum Gasteiger partial charge on any atom is 0.101 e. The number of nitrogens with one attached hydrogen (secondary N) is 1. The lowest BCUT2D eigenvalue weighted by atomic mass is 9.95. The molecule has 1 aromatic carbocycles. The van der Waals surface area contributed by atoms with E-state index in [-0.39, 0.29) is 0 Å². The van der Waals surface area contributed by atoms with E-state index in [4.69, 9.17) is 10.5 Å². The first-order valence-electron chi connectivity index (χ1n) is 7.01. The van der Waals surface area contributed by atoms with Gasteiger partial charge in [-0.25, -0.2) is 4.98 Å². The van der Waals surface area contributed by atoms with E-state index < -0.39 is 0 Å². The largest absolute Gasteiger partial charge is 0.317 e. The van der Waals surface area contributed by atoms with E-state index in [0.717, 1.165) is 31.6 Å². The predicted octanol–water partition coefficient (Wildman–Crippen LogP) is 2.08. The van der Waals surface area contributed by atoms with Gasteiger partial charge in [0, 0.05) is 23.5 Å². The van der Waals surface area contributed by atoms with Crippen molar-refractivity contribution >= 4 is 0 Å². The quantitative estimate of drug-likeness (QED) is 0.911. The number of benzene rings is 1. The fourth-order valence-corrected chi connectivity index (χ4v) is 2.81. The Labute approximate surface area is 123 Å². The van der Waals surface area contributed by atoms with Crippen LogP contribution in [0.1, 0.15) is 35.6 Å². The fraction of sp³-hybridized carbons (Fsp3) is 0.312. The van der Waals surface area contributed by atoms with E-state index in [1.54, 1.807) is 18.5 Å². The molecule has 1 aliphatic rings. The highest BCUT2D eigenvalue weighted by atomic mass is 15.1. The van der Waals surface area contributed by atoms with Crippen molar-refractivity contribution in [2.75, 3.05) is 13.1 Å². The molecule has 2 heterocycles. The minimum absolute atomic E-state index is 0.403. The first-order valence-corrected chi connectivity index (χ1v) is 7.01. The summed E-state index contributed by atoms with van der Waals surface area (Å²) >= 11 is 0. The van der Waals surface area contributed by atoms with Crippen LogP contribution >= 0.6 is 0 Å². The average Bonchev–Trinajstić information content (AvgIpc) is 3.04. The molecule has 0 bridgehead atoms. The number of hydrogen-bond acceptors (Lipinski definition) is 4. The van der Waals surface area contributed by atoms with Gasteiger partial charge in [-0.05, 0) is 44.1 Å². The highest BCUT2D eigenvalue weighted by Crippen LogP contribution is 2.27. The SMILES string of the molecule is N#Cc1ccc(-n2cncc2C2CCNCC2)cc1C#N. The zero-order valence-electron chi connectivity index (χ0n) is 11.6. The molecule has 5 nitrogen and oxygen atoms in total. The summed E-state index contributed by atoms with van der Waals surface area (Å²) in [6.07, 6.45) is 5.86. The van der Waals surface area contributed by atoms with Crippen molar-refractivity contribution in [3.05, 3.63) is 47.5 Å². The summed E-state index contributed by atoms with van der Waals surface area (Å²) in [5, 5.41) is 21.5. The van der Waals surface area contributed by atoms with Crippen molar-refractivity contribution in [1.29, 1.82) is 10.5 Å². The zero-order chi connectivity index (χ0) is 14.7. The van der Waals surface area contributed by atoms with Crippen LogP contribution < -0.4 is 5.32 Å². The molecule has 104 valence electrons. The maximum atomic E-state index is 9.16. The number of nitrogens with zero attached hydrogens (tertiary/aromatic N) is 4. The van der Waals surface area contributed by atoms with E-state index in [1.807, 2.05) is 22.9 Å². The number of piperidine rings is 1. The van der Waals surface area contributed by atoms with Gasteiger partial charge in [-0.15, -0.1) is 0 Å². The van der Waals surface area contributed by atoms with Gasteiger partial charge >= 0.3 is 0 Å². The minimum atomic E-state index is 0.403. The van der Waals surface area contributed by atoms with Crippen molar-refractivity contribution in [3.63, 3.8) is 0 Å². The van der Waals surface area contributed by atoms with Crippen molar-refractivity contribution in [2.45, 2.75) is 18.8 Å². The molecule has 0 spiro atoms. The lowest BCUT2D eigenvalue weighted by molar-refractivity contribution is 0.449. The Hall–Kier alpha value is -2.63. The molecule has 1 aliphatic heterocycles. The molecule has 0 atom stereocenters. The third-order valence-corrected chi connectivity index (χ3v) is 3.95. The van der Waals surface area contributed by atoms with Crippen LogP contribution in [0, 0.1) is 22.7 Å². The molecule has 21 heavy (non-hydrogen) atoms. The van der Waals surface area contributed by atoms with Crippen LogP contribution in [0.2, 0.25) is 0 Å². The number of nitriles is 2. The molecule has 1 fully saturated rings. The lowest BCUT2D eigenvalue weighted by Gasteiger charge is -2.23. The monoisotopic (exact) mass is 277 g/mol. The van der Waals surface area contributed by atoms with Crippen molar-refractivity contribution in [1.82, 2.24) is 14.9 Å². The number of hydrogen-bond donors (Lipinski definition) is 1. The summed E-state index contributed by atoms with van der Waals surface area (Å²) in [6, 6.07) is 9.44. The van der Waals surface area contributed by atoms with Crippen LogP contribution in [-0.4, -0.2) is 22.6 Å². The van der Waals surface area contributed by atoms with E-state index >= 15 is 0 Å². The normalized spacial score (nSPS) is 15.3. The van der Waals surface area contributed by atoms with E-state index in [0.29, 0.717) is 17.0 Å². The molecule has 1 N–H and O–H groups in total. The summed E-state index contributed by atoms with van der Waals surface area (Å²) in [5.74, 6) is 0.481. The van der Waals surface area contributed by atoms with Gasteiger partial charge in [-0.1, -0.05) is 0 Å². The number of rotatable bonds is 2. The van der Waals surface area contributed by atoms with Gasteiger partial charge in [0.05, 0.1) is 17.5 Å². The van der Waals surface area contributed by atoms with Crippen LogP contribution in [0.3, 0.4) is 0 Å². The standard InChI is InChI=1S/C16H15N5/c17-8-13-1-2-15(7-14(13)9-18)21-11-20-10-16(21)12-3-5-19-6-4-12/h1-2,7,10-12,19H,3-6H2. The highest BCUT2D eigenvalue weighted by Gasteiger charge is 2.19. The van der Waals surface area contributed by atoms with Gasteiger partial charge in [-0.3, -0.25) is 0 Å². The Morgan fingerprint density at radius 1 is 1.14 bits per heavy atom. The van der Waals surface area contributed by atoms with Gasteiger partial charge in [0.25, 0.3) is 0 Å². The molecule has 0 amide bonds. The summed E-state index contributed by atoms with van der Waals surface area (Å²) in [6.45, 7) is 2.04. The minimum Gasteiger partial charge on any atom is -0.317 e. The second-order valence-corrected chi connectivity index (χ2v) is 5.17. The zero-order valence-corrected chi connectivity index (χ0v) is 11.6. The first kappa shape index (κ1) is 13.4. The molecule has 0 unspecified atom stereocenters. The third kappa shape index (κ3) is 2.52. The summed E-state index contributed by atoms with van der Waals surface area (Å²) in [4.78, 5) is 4.27. The molecule has 0 saturated carbocycles. The maximum absolute atomic E-state index is 9.16. The highest BCUT2D eigenvalue weighted by molar-refractivity contribution is 5.52. The number of aromatic nitrogens is 2. The summed E-state index contributed by atoms with van der Waals surface area (Å²) < 4.78 is 2.03. The van der Waals surface area contributed by atoms with Gasteiger partial charge < -0.3 is 9.88 Å².